The van der Waals surface area contributed by atoms with Crippen molar-refractivity contribution in [1.82, 2.24) is 29.0 Å². The van der Waals surface area contributed by atoms with Crippen molar-refractivity contribution < 1.29 is 4.74 Å². The van der Waals surface area contributed by atoms with Crippen LogP contribution in [-0.4, -0.2) is 54.3 Å². The molecular weight excluding hydrogens is 404 g/mol. The van der Waals surface area contributed by atoms with Crippen LogP contribution in [0.5, 0.6) is 0 Å². The first-order chi connectivity index (χ1) is 15.5. The van der Waals surface area contributed by atoms with Gasteiger partial charge >= 0.3 is 5.69 Å². The molecule has 0 unspecified atom stereocenters. The van der Waals surface area contributed by atoms with Crippen LogP contribution in [0.15, 0.2) is 47.7 Å². The van der Waals surface area contributed by atoms with E-state index in [4.69, 9.17) is 9.72 Å². The summed E-state index contributed by atoms with van der Waals surface area (Å²) < 4.78 is 8.95. The van der Waals surface area contributed by atoms with E-state index in [0.717, 1.165) is 37.0 Å². The van der Waals surface area contributed by atoms with Gasteiger partial charge in [-0.2, -0.15) is 9.61 Å². The summed E-state index contributed by atoms with van der Waals surface area (Å²) in [5.74, 6) is 0. The number of aryl methyl sites for hydroxylation is 3. The highest BCUT2D eigenvalue weighted by Crippen LogP contribution is 2.20. The molecule has 1 aliphatic rings. The Balaban J connectivity index is 1.52. The maximum Gasteiger partial charge on any atom is 0.352 e. The molecule has 8 heteroatoms. The Bertz CT molecular complexity index is 1320. The number of benzene rings is 1. The first-order valence-corrected chi connectivity index (χ1v) is 11.1. The number of hydrogen-bond donors (Lipinski definition) is 0. The summed E-state index contributed by atoms with van der Waals surface area (Å²) in [7, 11) is 0. The molecule has 5 rings (SSSR count). The molecule has 1 aliphatic heterocycles. The molecule has 4 heterocycles. The van der Waals surface area contributed by atoms with Crippen molar-refractivity contribution >= 4 is 16.7 Å². The third-order valence-corrected chi connectivity index (χ3v) is 6.15. The van der Waals surface area contributed by atoms with Crippen molar-refractivity contribution in [3.8, 4) is 0 Å². The Morgan fingerprint density at radius 1 is 1.09 bits per heavy atom. The fourth-order valence-electron chi connectivity index (χ4n) is 4.73. The van der Waals surface area contributed by atoms with Gasteiger partial charge in [-0.1, -0.05) is 24.3 Å². The lowest BCUT2D eigenvalue weighted by atomic mass is 10.1. The highest BCUT2D eigenvalue weighted by molar-refractivity contribution is 5.89. The number of hydrogen-bond acceptors (Lipinski definition) is 6. The number of pyridine rings is 1. The number of morpholine rings is 1. The van der Waals surface area contributed by atoms with Gasteiger partial charge in [0.2, 0.25) is 0 Å². The van der Waals surface area contributed by atoms with E-state index in [-0.39, 0.29) is 17.9 Å². The number of ether oxygens (including phenoxy) is 1. The lowest BCUT2D eigenvalue weighted by Gasteiger charge is -2.35. The van der Waals surface area contributed by atoms with Gasteiger partial charge in [-0.25, -0.2) is 14.8 Å². The normalized spacial score (nSPS) is 19.7. The van der Waals surface area contributed by atoms with Crippen LogP contribution < -0.4 is 5.69 Å². The van der Waals surface area contributed by atoms with Crippen molar-refractivity contribution in [2.24, 2.45) is 0 Å². The highest BCUT2D eigenvalue weighted by atomic mass is 16.5. The van der Waals surface area contributed by atoms with E-state index in [1.807, 2.05) is 18.3 Å². The largest absolute Gasteiger partial charge is 0.373 e. The molecule has 32 heavy (non-hydrogen) atoms. The molecule has 0 bridgehead atoms. The van der Waals surface area contributed by atoms with Gasteiger partial charge in [0.1, 0.15) is 12.0 Å². The minimum Gasteiger partial charge on any atom is -0.373 e. The fraction of sp³-hybridized carbons (Fsp3) is 0.417. The van der Waals surface area contributed by atoms with Crippen LogP contribution in [-0.2, 0) is 24.2 Å². The van der Waals surface area contributed by atoms with Gasteiger partial charge in [-0.3, -0.25) is 9.47 Å². The van der Waals surface area contributed by atoms with Crippen LogP contribution >= 0.6 is 0 Å². The van der Waals surface area contributed by atoms with Crippen LogP contribution in [0.25, 0.3) is 16.7 Å². The number of rotatable bonds is 5. The lowest BCUT2D eigenvalue weighted by molar-refractivity contribution is -0.0705. The van der Waals surface area contributed by atoms with E-state index in [2.05, 4.69) is 54.0 Å². The smallest absolute Gasteiger partial charge is 0.352 e. The summed E-state index contributed by atoms with van der Waals surface area (Å²) in [6.45, 7) is 9.39. The lowest BCUT2D eigenvalue weighted by Crippen LogP contribution is -2.44. The predicted molar refractivity (Wildman–Crippen MR) is 123 cm³/mol. The quantitative estimate of drug-likeness (QED) is 0.482. The second-order valence-corrected chi connectivity index (χ2v) is 8.77. The zero-order valence-corrected chi connectivity index (χ0v) is 18.7. The molecule has 0 saturated carbocycles. The molecule has 0 aliphatic carbocycles. The van der Waals surface area contributed by atoms with Crippen molar-refractivity contribution in [2.45, 2.75) is 52.5 Å². The molecule has 3 aromatic heterocycles. The van der Waals surface area contributed by atoms with E-state index < -0.39 is 0 Å². The minimum atomic E-state index is -0.213. The maximum atomic E-state index is 13.1. The molecule has 0 N–H and O–H groups in total. The Kier molecular flexibility index (Phi) is 5.48. The van der Waals surface area contributed by atoms with Gasteiger partial charge in [-0.05, 0) is 49.9 Å². The molecule has 1 fully saturated rings. The van der Waals surface area contributed by atoms with Crippen LogP contribution in [0.2, 0.25) is 0 Å². The predicted octanol–water partition coefficient (Wildman–Crippen LogP) is 2.60. The van der Waals surface area contributed by atoms with Crippen LogP contribution in [0.3, 0.4) is 0 Å². The first-order valence-electron chi connectivity index (χ1n) is 11.1. The van der Waals surface area contributed by atoms with Crippen molar-refractivity contribution in [3.63, 3.8) is 0 Å². The first kappa shape index (κ1) is 20.8. The number of aromatic nitrogens is 5. The molecule has 8 nitrogen and oxygen atoms in total. The topological polar surface area (TPSA) is 77.5 Å². The monoisotopic (exact) mass is 432 g/mol. The molecule has 4 aromatic rings. The van der Waals surface area contributed by atoms with E-state index >= 15 is 0 Å². The van der Waals surface area contributed by atoms with E-state index in [1.54, 1.807) is 4.57 Å². The second-order valence-electron chi connectivity index (χ2n) is 8.77. The highest BCUT2D eigenvalue weighted by Gasteiger charge is 2.23. The second kappa shape index (κ2) is 8.44. The summed E-state index contributed by atoms with van der Waals surface area (Å²) >= 11 is 0. The van der Waals surface area contributed by atoms with Crippen LogP contribution in [0, 0.1) is 6.92 Å². The van der Waals surface area contributed by atoms with Gasteiger partial charge in [-0.15, -0.1) is 0 Å². The van der Waals surface area contributed by atoms with Gasteiger partial charge in [0, 0.05) is 32.4 Å². The average molecular weight is 433 g/mol. The third-order valence-electron chi connectivity index (χ3n) is 6.15. The zero-order chi connectivity index (χ0) is 22.2. The standard InChI is InChI=1S/C24H28N6O2/c1-16-6-4-5-7-20(16)8-9-29-22-21(23-26-15-27-30(23)24(29)31)10-19(11-25-22)14-28-12-17(2)32-18(3)13-28/h4-7,10-11,15,17-18H,8-9,12-14H2,1-3H3/t17-,18+. The van der Waals surface area contributed by atoms with Crippen molar-refractivity contribution in [3.05, 3.63) is 70.0 Å². The van der Waals surface area contributed by atoms with Gasteiger partial charge in [0.15, 0.2) is 5.65 Å². The van der Waals surface area contributed by atoms with Crippen LogP contribution in [0.1, 0.15) is 30.5 Å². The minimum absolute atomic E-state index is 0.210. The summed E-state index contributed by atoms with van der Waals surface area (Å²) in [6.07, 6.45) is 4.47. The van der Waals surface area contributed by atoms with E-state index in [1.165, 1.54) is 22.0 Å². The van der Waals surface area contributed by atoms with Gasteiger partial charge < -0.3 is 4.74 Å². The molecule has 0 radical (unpaired) electrons. The van der Waals surface area contributed by atoms with Crippen molar-refractivity contribution in [2.75, 3.05) is 13.1 Å². The maximum absolute atomic E-state index is 13.1. The molecule has 2 atom stereocenters. The zero-order valence-electron chi connectivity index (χ0n) is 18.7. The molecule has 0 spiro atoms. The van der Waals surface area contributed by atoms with E-state index in [9.17, 15) is 4.79 Å². The Morgan fingerprint density at radius 2 is 1.88 bits per heavy atom. The molecule has 1 saturated heterocycles. The third kappa shape index (κ3) is 3.91. The van der Waals surface area contributed by atoms with E-state index in [0.29, 0.717) is 17.8 Å². The molecule has 166 valence electrons. The van der Waals surface area contributed by atoms with Crippen molar-refractivity contribution in [1.29, 1.82) is 0 Å². The molecule has 1 aromatic carbocycles. The summed E-state index contributed by atoms with van der Waals surface area (Å²) in [6, 6.07) is 10.4. The van der Waals surface area contributed by atoms with Gasteiger partial charge in [0.25, 0.3) is 0 Å². The SMILES string of the molecule is Cc1ccccc1CCn1c(=O)n2ncnc2c2cc(CN3C[C@@H](C)O[C@@H](C)C3)cnc21. The Hall–Kier alpha value is -3.10. The average Bonchev–Trinajstić information content (AvgIpc) is 3.25. The molecule has 0 amide bonds. The summed E-state index contributed by atoms with van der Waals surface area (Å²) in [5, 5.41) is 5.03. The van der Waals surface area contributed by atoms with Gasteiger partial charge in [0.05, 0.1) is 17.6 Å². The number of fused-ring (bicyclic) bond motifs is 3. The molecular formula is C24H28N6O2. The fourth-order valence-corrected chi connectivity index (χ4v) is 4.73. The Morgan fingerprint density at radius 3 is 2.66 bits per heavy atom. The summed E-state index contributed by atoms with van der Waals surface area (Å²) in [5.41, 5.74) is 4.52. The Labute approximate surface area is 186 Å². The number of nitrogens with zero attached hydrogens (tertiary/aromatic N) is 6. The van der Waals surface area contributed by atoms with Crippen LogP contribution in [0.4, 0.5) is 0 Å². The summed E-state index contributed by atoms with van der Waals surface area (Å²) in [4.78, 5) is 24.6.